The number of fused-ring (bicyclic) bond motifs is 3. The van der Waals surface area contributed by atoms with Gasteiger partial charge in [0.15, 0.2) is 0 Å². The first-order valence-electron chi connectivity index (χ1n) is 12.4. The van der Waals surface area contributed by atoms with Crippen LogP contribution in [0.2, 0.25) is 5.02 Å². The number of ether oxygens (including phenoxy) is 1. The Labute approximate surface area is 209 Å². The van der Waals surface area contributed by atoms with Crippen LogP contribution >= 0.6 is 11.6 Å². The summed E-state index contributed by atoms with van der Waals surface area (Å²) in [4.78, 5) is 33.2. The van der Waals surface area contributed by atoms with Gasteiger partial charge in [0.2, 0.25) is 11.9 Å². The van der Waals surface area contributed by atoms with Crippen molar-refractivity contribution >= 4 is 35.0 Å². The van der Waals surface area contributed by atoms with Crippen molar-refractivity contribution in [1.82, 2.24) is 15.0 Å². The fourth-order valence-electron chi connectivity index (χ4n) is 5.35. The minimum absolute atomic E-state index is 0.00759. The summed E-state index contributed by atoms with van der Waals surface area (Å²) in [7, 11) is 0. The number of morpholine rings is 1. The summed E-state index contributed by atoms with van der Waals surface area (Å²) in [6, 6.07) is 11.7. The Kier molecular flexibility index (Phi) is 6.08. The third-order valence-electron chi connectivity index (χ3n) is 7.25. The first-order chi connectivity index (χ1) is 17.2. The normalized spacial score (nSPS) is 18.7. The molecule has 0 unspecified atom stereocenters. The average Bonchev–Trinajstić information content (AvgIpc) is 3.28. The predicted octanol–water partition coefficient (Wildman–Crippen LogP) is 3.77. The van der Waals surface area contributed by atoms with Crippen LogP contribution in [0.15, 0.2) is 42.6 Å². The molecular weight excluding hydrogens is 464 g/mol. The number of hydrogen-bond acceptors (Lipinski definition) is 6. The summed E-state index contributed by atoms with van der Waals surface area (Å²) in [5, 5.41) is 0.642. The Morgan fingerprint density at radius 3 is 2.63 bits per heavy atom. The van der Waals surface area contributed by atoms with E-state index in [4.69, 9.17) is 21.3 Å². The molecule has 2 aromatic heterocycles. The number of imidazole rings is 1. The molecule has 0 spiro atoms. The number of amides is 1. The van der Waals surface area contributed by atoms with Crippen LogP contribution in [0.5, 0.6) is 0 Å². The van der Waals surface area contributed by atoms with E-state index < -0.39 is 0 Å². The lowest BCUT2D eigenvalue weighted by atomic mass is 9.94. The van der Waals surface area contributed by atoms with Gasteiger partial charge in [0.1, 0.15) is 5.82 Å². The predicted molar refractivity (Wildman–Crippen MR) is 137 cm³/mol. The summed E-state index contributed by atoms with van der Waals surface area (Å²) in [5.41, 5.74) is 3.75. The summed E-state index contributed by atoms with van der Waals surface area (Å²) < 4.78 is 5.49. The van der Waals surface area contributed by atoms with Crippen molar-refractivity contribution in [3.63, 3.8) is 0 Å². The zero-order valence-electron chi connectivity index (χ0n) is 19.6. The van der Waals surface area contributed by atoms with E-state index in [9.17, 15) is 4.79 Å². The lowest BCUT2D eigenvalue weighted by molar-refractivity contribution is -0.123. The molecule has 2 saturated heterocycles. The number of aromatic nitrogens is 3. The molecular formula is C26H29ClN6O2. The van der Waals surface area contributed by atoms with E-state index in [0.29, 0.717) is 24.8 Å². The first kappa shape index (κ1) is 22.4. The number of piperidine rings is 1. The third kappa shape index (κ3) is 4.36. The number of benzene rings is 1. The number of rotatable bonds is 3. The molecule has 3 aliphatic rings. The van der Waals surface area contributed by atoms with Crippen molar-refractivity contribution in [3.8, 4) is 11.3 Å². The van der Waals surface area contributed by atoms with Gasteiger partial charge < -0.3 is 24.4 Å². The number of carbonyl (C=O) groups is 1. The van der Waals surface area contributed by atoms with Gasteiger partial charge in [-0.25, -0.2) is 9.97 Å². The highest BCUT2D eigenvalue weighted by Gasteiger charge is 2.33. The summed E-state index contributed by atoms with van der Waals surface area (Å²) in [5.74, 6) is 2.03. The average molecular weight is 493 g/mol. The van der Waals surface area contributed by atoms with Crippen LogP contribution in [0.25, 0.3) is 11.3 Å². The standard InChI is InChI=1S/C26H29ClN6O2/c27-19-4-5-22-20(17-19)24-21(29-26(30-24)32-13-15-35-16-14-32)8-12-33(22)25(34)18-6-10-31(11-7-18)23-3-1-2-9-28-23/h1-5,9,17-18H,6-8,10-16H2,(H,29,30). The van der Waals surface area contributed by atoms with Crippen molar-refractivity contribution in [3.05, 3.63) is 53.3 Å². The highest BCUT2D eigenvalue weighted by Crippen LogP contribution is 2.39. The van der Waals surface area contributed by atoms with E-state index in [1.165, 1.54) is 0 Å². The topological polar surface area (TPSA) is 77.6 Å². The minimum Gasteiger partial charge on any atom is -0.378 e. The molecule has 3 aromatic rings. The van der Waals surface area contributed by atoms with E-state index in [2.05, 4.69) is 19.8 Å². The largest absolute Gasteiger partial charge is 0.378 e. The van der Waals surface area contributed by atoms with Crippen molar-refractivity contribution in [1.29, 1.82) is 0 Å². The molecule has 0 radical (unpaired) electrons. The second-order valence-corrected chi connectivity index (χ2v) is 9.77. The summed E-state index contributed by atoms with van der Waals surface area (Å²) in [6.45, 7) is 5.32. The van der Waals surface area contributed by atoms with E-state index in [0.717, 1.165) is 79.8 Å². The molecule has 182 valence electrons. The minimum atomic E-state index is -0.00759. The lowest BCUT2D eigenvalue weighted by Gasteiger charge is -2.35. The van der Waals surface area contributed by atoms with Crippen molar-refractivity contribution < 1.29 is 9.53 Å². The molecule has 0 atom stereocenters. The van der Waals surface area contributed by atoms with Crippen LogP contribution in [0, 0.1) is 5.92 Å². The SMILES string of the molecule is O=C(C1CCN(c2ccccn2)CC1)N1CCc2[nH]c(N3CCOCC3)nc2-c2cc(Cl)ccc21. The molecule has 6 rings (SSSR count). The molecule has 0 saturated carbocycles. The Hall–Kier alpha value is -3.10. The molecule has 35 heavy (non-hydrogen) atoms. The highest BCUT2D eigenvalue weighted by molar-refractivity contribution is 6.31. The van der Waals surface area contributed by atoms with Crippen LogP contribution in [0.4, 0.5) is 17.5 Å². The molecule has 1 amide bonds. The zero-order chi connectivity index (χ0) is 23.8. The molecule has 2 fully saturated rings. The number of halogens is 1. The number of nitrogens with zero attached hydrogens (tertiary/aromatic N) is 5. The zero-order valence-corrected chi connectivity index (χ0v) is 20.4. The van der Waals surface area contributed by atoms with Gasteiger partial charge >= 0.3 is 0 Å². The Morgan fingerprint density at radius 1 is 1.03 bits per heavy atom. The van der Waals surface area contributed by atoms with Gasteiger partial charge in [-0.05, 0) is 43.2 Å². The monoisotopic (exact) mass is 492 g/mol. The number of hydrogen-bond donors (Lipinski definition) is 1. The lowest BCUT2D eigenvalue weighted by Crippen LogP contribution is -2.43. The van der Waals surface area contributed by atoms with Gasteiger partial charge in [-0.1, -0.05) is 17.7 Å². The summed E-state index contributed by atoms with van der Waals surface area (Å²) >= 11 is 6.42. The van der Waals surface area contributed by atoms with Crippen molar-refractivity contribution in [2.45, 2.75) is 19.3 Å². The van der Waals surface area contributed by atoms with E-state index in [-0.39, 0.29) is 11.8 Å². The van der Waals surface area contributed by atoms with Crippen LogP contribution in [0.3, 0.4) is 0 Å². The maximum absolute atomic E-state index is 13.8. The molecule has 8 nitrogen and oxygen atoms in total. The van der Waals surface area contributed by atoms with Crippen molar-refractivity contribution in [2.24, 2.45) is 5.92 Å². The molecule has 0 aliphatic carbocycles. The van der Waals surface area contributed by atoms with Gasteiger partial charge in [0, 0.05) is 67.5 Å². The second-order valence-electron chi connectivity index (χ2n) is 9.34. The molecule has 0 bridgehead atoms. The Morgan fingerprint density at radius 2 is 1.86 bits per heavy atom. The van der Waals surface area contributed by atoms with Gasteiger partial charge in [-0.3, -0.25) is 4.79 Å². The second kappa shape index (κ2) is 9.51. The highest BCUT2D eigenvalue weighted by atomic mass is 35.5. The number of anilines is 3. The Bertz CT molecular complexity index is 1200. The van der Waals surface area contributed by atoms with E-state index in [1.54, 1.807) is 0 Å². The van der Waals surface area contributed by atoms with E-state index >= 15 is 0 Å². The van der Waals surface area contributed by atoms with Crippen LogP contribution in [-0.4, -0.2) is 66.8 Å². The van der Waals surface area contributed by atoms with E-state index in [1.807, 2.05) is 47.5 Å². The van der Waals surface area contributed by atoms with Crippen LogP contribution in [-0.2, 0) is 16.0 Å². The van der Waals surface area contributed by atoms with Gasteiger partial charge in [-0.15, -0.1) is 0 Å². The molecule has 9 heteroatoms. The number of carbonyl (C=O) groups excluding carboxylic acids is 1. The molecule has 5 heterocycles. The van der Waals surface area contributed by atoms with Crippen molar-refractivity contribution in [2.75, 3.05) is 60.6 Å². The molecule has 1 N–H and O–H groups in total. The molecule has 1 aromatic carbocycles. The van der Waals surface area contributed by atoms with Crippen LogP contribution in [0.1, 0.15) is 18.5 Å². The Balaban J connectivity index is 1.25. The number of pyridine rings is 1. The fraction of sp³-hybridized carbons (Fsp3) is 0.423. The van der Waals surface area contributed by atoms with Gasteiger partial charge in [0.25, 0.3) is 0 Å². The molecule has 3 aliphatic heterocycles. The van der Waals surface area contributed by atoms with Gasteiger partial charge in [-0.2, -0.15) is 0 Å². The fourth-order valence-corrected chi connectivity index (χ4v) is 5.52. The number of H-pyrrole nitrogens is 1. The summed E-state index contributed by atoms with van der Waals surface area (Å²) in [6.07, 6.45) is 4.18. The smallest absolute Gasteiger partial charge is 0.230 e. The maximum Gasteiger partial charge on any atom is 0.230 e. The maximum atomic E-state index is 13.8. The quantitative estimate of drug-likeness (QED) is 0.599. The number of nitrogens with one attached hydrogen (secondary N) is 1. The first-order valence-corrected chi connectivity index (χ1v) is 12.7. The third-order valence-corrected chi connectivity index (χ3v) is 7.49. The van der Waals surface area contributed by atoms with Gasteiger partial charge in [0.05, 0.1) is 24.6 Å². The number of aromatic amines is 1. The van der Waals surface area contributed by atoms with Crippen LogP contribution < -0.4 is 14.7 Å².